The molecule has 0 radical (unpaired) electrons. The summed E-state index contributed by atoms with van der Waals surface area (Å²) in [6.45, 7) is 0. The third-order valence-electron chi connectivity index (χ3n) is 7.39. The number of rotatable bonds is 5. The third kappa shape index (κ3) is 4.56. The lowest BCUT2D eigenvalue weighted by atomic mass is 9.96. The van der Waals surface area contributed by atoms with Crippen LogP contribution in [0.2, 0.25) is 0 Å². The fourth-order valence-corrected chi connectivity index (χ4v) is 5.39. The Morgan fingerprint density at radius 3 is 1.13 bits per heavy atom. The number of hydrogen-bond donors (Lipinski definition) is 0. The van der Waals surface area contributed by atoms with Crippen LogP contribution in [-0.2, 0) is 0 Å². The maximum absolute atomic E-state index is 2.31. The van der Waals surface area contributed by atoms with Gasteiger partial charge >= 0.3 is 0 Å². The maximum Gasteiger partial charge on any atom is 0.0462 e. The van der Waals surface area contributed by atoms with Crippen LogP contribution in [0.15, 0.2) is 164 Å². The molecule has 0 aliphatic heterocycles. The summed E-state index contributed by atoms with van der Waals surface area (Å²) in [5.41, 5.74) is 8.35. The normalized spacial score (nSPS) is 11.1. The molecule has 0 unspecified atom stereocenters. The molecular weight excluding hydrogens is 470 g/mol. The molecule has 7 aromatic carbocycles. The van der Waals surface area contributed by atoms with E-state index in [-0.39, 0.29) is 0 Å². The first-order chi connectivity index (χ1) is 19.3. The van der Waals surface area contributed by atoms with Gasteiger partial charge in [0.2, 0.25) is 0 Å². The lowest BCUT2D eigenvalue weighted by molar-refractivity contribution is 1.28. The van der Waals surface area contributed by atoms with Gasteiger partial charge in [0, 0.05) is 17.1 Å². The van der Waals surface area contributed by atoms with E-state index < -0.39 is 0 Å². The van der Waals surface area contributed by atoms with Crippen LogP contribution in [0, 0.1) is 0 Å². The second-order valence-electron chi connectivity index (χ2n) is 9.90. The van der Waals surface area contributed by atoms with Gasteiger partial charge in [-0.3, -0.25) is 0 Å². The van der Waals surface area contributed by atoms with Crippen molar-refractivity contribution in [3.63, 3.8) is 0 Å². The van der Waals surface area contributed by atoms with Gasteiger partial charge in [0.05, 0.1) is 0 Å². The molecule has 0 spiro atoms. The van der Waals surface area contributed by atoms with E-state index in [2.05, 4.69) is 169 Å². The van der Waals surface area contributed by atoms with E-state index >= 15 is 0 Å². The van der Waals surface area contributed by atoms with Crippen molar-refractivity contribution in [2.45, 2.75) is 0 Å². The van der Waals surface area contributed by atoms with Gasteiger partial charge < -0.3 is 4.90 Å². The molecule has 1 heteroatoms. The van der Waals surface area contributed by atoms with E-state index in [1.54, 1.807) is 0 Å². The minimum absolute atomic E-state index is 1.14. The van der Waals surface area contributed by atoms with Gasteiger partial charge in [0.1, 0.15) is 0 Å². The highest BCUT2D eigenvalue weighted by Crippen LogP contribution is 2.36. The molecule has 0 saturated carbocycles. The van der Waals surface area contributed by atoms with Crippen molar-refractivity contribution in [3.05, 3.63) is 164 Å². The summed E-state index contributed by atoms with van der Waals surface area (Å²) in [5.74, 6) is 0. The second-order valence-corrected chi connectivity index (χ2v) is 9.90. The molecule has 7 rings (SSSR count). The van der Waals surface area contributed by atoms with E-state index in [9.17, 15) is 0 Å². The number of para-hydroxylation sites is 2. The van der Waals surface area contributed by atoms with E-state index in [1.807, 2.05) is 0 Å². The molecular formula is C38H27N. The van der Waals surface area contributed by atoms with Crippen LogP contribution in [0.5, 0.6) is 0 Å². The minimum atomic E-state index is 1.14. The Hall–Kier alpha value is -5.14. The van der Waals surface area contributed by atoms with Gasteiger partial charge in [-0.2, -0.15) is 0 Å². The zero-order chi connectivity index (χ0) is 26.0. The minimum Gasteiger partial charge on any atom is -0.311 e. The van der Waals surface area contributed by atoms with Crippen molar-refractivity contribution in [2.24, 2.45) is 0 Å². The Morgan fingerprint density at radius 2 is 0.641 bits per heavy atom. The highest BCUT2D eigenvalue weighted by atomic mass is 15.1. The second kappa shape index (κ2) is 9.96. The lowest BCUT2D eigenvalue weighted by Crippen LogP contribution is -2.09. The summed E-state index contributed by atoms with van der Waals surface area (Å²) in [5, 5.41) is 5.04. The fraction of sp³-hybridized carbons (Fsp3) is 0. The topological polar surface area (TPSA) is 3.24 Å². The molecule has 0 saturated heterocycles. The van der Waals surface area contributed by atoms with Crippen molar-refractivity contribution in [1.29, 1.82) is 0 Å². The number of benzene rings is 7. The van der Waals surface area contributed by atoms with Crippen molar-refractivity contribution in [1.82, 2.24) is 0 Å². The van der Waals surface area contributed by atoms with Crippen LogP contribution in [0.1, 0.15) is 0 Å². The van der Waals surface area contributed by atoms with Crippen LogP contribution in [0.3, 0.4) is 0 Å². The summed E-state index contributed by atoms with van der Waals surface area (Å²) in [7, 11) is 0. The first-order valence-electron chi connectivity index (χ1n) is 13.4. The molecule has 39 heavy (non-hydrogen) atoms. The van der Waals surface area contributed by atoms with E-state index in [0.29, 0.717) is 0 Å². The predicted octanol–water partition coefficient (Wildman–Crippen LogP) is 10.8. The zero-order valence-electron chi connectivity index (χ0n) is 21.5. The monoisotopic (exact) mass is 497 g/mol. The van der Waals surface area contributed by atoms with Crippen LogP contribution >= 0.6 is 0 Å². The Bertz CT molecular complexity index is 1830. The summed E-state index contributed by atoms with van der Waals surface area (Å²) in [4.78, 5) is 2.29. The first-order valence-corrected chi connectivity index (χ1v) is 13.4. The molecule has 0 aliphatic rings. The molecule has 0 amide bonds. The molecule has 0 fully saturated rings. The van der Waals surface area contributed by atoms with E-state index in [4.69, 9.17) is 0 Å². The molecule has 0 bridgehead atoms. The fourth-order valence-electron chi connectivity index (χ4n) is 5.39. The average molecular weight is 498 g/mol. The summed E-state index contributed by atoms with van der Waals surface area (Å²) >= 11 is 0. The van der Waals surface area contributed by atoms with Gasteiger partial charge in [-0.15, -0.1) is 0 Å². The van der Waals surface area contributed by atoms with Gasteiger partial charge in [0.25, 0.3) is 0 Å². The van der Waals surface area contributed by atoms with Crippen molar-refractivity contribution >= 4 is 38.6 Å². The van der Waals surface area contributed by atoms with Gasteiger partial charge in [-0.25, -0.2) is 0 Å². The molecule has 0 aromatic heterocycles. The van der Waals surface area contributed by atoms with E-state index in [0.717, 1.165) is 17.1 Å². The van der Waals surface area contributed by atoms with Crippen molar-refractivity contribution in [2.75, 3.05) is 4.90 Å². The van der Waals surface area contributed by atoms with Crippen LogP contribution in [0.25, 0.3) is 43.8 Å². The highest BCUT2D eigenvalue weighted by Gasteiger charge is 2.12. The van der Waals surface area contributed by atoms with Crippen molar-refractivity contribution in [3.8, 4) is 22.3 Å². The molecule has 1 nitrogen and oxygen atoms in total. The van der Waals surface area contributed by atoms with Gasteiger partial charge in [-0.05, 0) is 104 Å². The first kappa shape index (κ1) is 23.0. The molecule has 7 aromatic rings. The summed E-state index contributed by atoms with van der Waals surface area (Å²) < 4.78 is 0. The molecule has 0 N–H and O–H groups in total. The van der Waals surface area contributed by atoms with Crippen LogP contribution in [0.4, 0.5) is 17.1 Å². The predicted molar refractivity (Wildman–Crippen MR) is 167 cm³/mol. The van der Waals surface area contributed by atoms with Crippen LogP contribution in [-0.4, -0.2) is 0 Å². The standard InChI is InChI=1S/C38H27N/c1-4-10-28(11-5-1)30-16-18-32-27-35-25-31(17-19-33(35)26-34(32)24-30)29-20-22-38(23-21-29)39(36-12-6-2-7-13-36)37-14-8-3-9-15-37/h1-27H. The zero-order valence-corrected chi connectivity index (χ0v) is 21.5. The lowest BCUT2D eigenvalue weighted by Gasteiger charge is -2.25. The Balaban J connectivity index is 1.23. The average Bonchev–Trinajstić information content (AvgIpc) is 3.01. The molecule has 0 atom stereocenters. The molecule has 0 heterocycles. The van der Waals surface area contributed by atoms with Crippen molar-refractivity contribution < 1.29 is 0 Å². The largest absolute Gasteiger partial charge is 0.311 e. The summed E-state index contributed by atoms with van der Waals surface area (Å²) in [6, 6.07) is 58.7. The highest BCUT2D eigenvalue weighted by molar-refractivity contribution is 6.01. The number of nitrogens with zero attached hydrogens (tertiary/aromatic N) is 1. The third-order valence-corrected chi connectivity index (χ3v) is 7.39. The number of hydrogen-bond acceptors (Lipinski definition) is 1. The van der Waals surface area contributed by atoms with Crippen LogP contribution < -0.4 is 4.90 Å². The maximum atomic E-state index is 2.31. The Labute approximate surface area is 229 Å². The Morgan fingerprint density at radius 1 is 0.256 bits per heavy atom. The van der Waals surface area contributed by atoms with E-state index in [1.165, 1.54) is 43.8 Å². The number of anilines is 3. The summed E-state index contributed by atoms with van der Waals surface area (Å²) in [6.07, 6.45) is 0. The smallest absolute Gasteiger partial charge is 0.0462 e. The van der Waals surface area contributed by atoms with Gasteiger partial charge in [0.15, 0.2) is 0 Å². The number of fused-ring (bicyclic) bond motifs is 2. The molecule has 0 aliphatic carbocycles. The SMILES string of the molecule is c1ccc(-c2ccc3cc4cc(-c5ccc(N(c6ccccc6)c6ccccc6)cc5)ccc4cc3c2)cc1. The molecule has 184 valence electrons. The van der Waals surface area contributed by atoms with Gasteiger partial charge in [-0.1, -0.05) is 103 Å². The Kier molecular flexibility index (Phi) is 5.88. The quantitative estimate of drug-likeness (QED) is 0.214.